The zero-order valence-electron chi connectivity index (χ0n) is 15.1. The zero-order chi connectivity index (χ0) is 20.1. The van der Waals surface area contributed by atoms with Crippen molar-refractivity contribution in [2.24, 2.45) is 0 Å². The molecule has 1 aromatic heterocycles. The van der Waals surface area contributed by atoms with Crippen molar-refractivity contribution in [2.75, 3.05) is 11.9 Å². The quantitative estimate of drug-likeness (QED) is 0.410. The van der Waals surface area contributed by atoms with Gasteiger partial charge in [-0.2, -0.15) is 5.10 Å². The molecule has 0 aliphatic carbocycles. The van der Waals surface area contributed by atoms with E-state index in [-0.39, 0.29) is 11.6 Å². The lowest BCUT2D eigenvalue weighted by molar-refractivity contribution is 0.252. The van der Waals surface area contributed by atoms with Crippen LogP contribution in [0.5, 0.6) is 5.75 Å². The summed E-state index contributed by atoms with van der Waals surface area (Å²) in [5.41, 5.74) is 0.139. The average Bonchev–Trinajstić information content (AvgIpc) is 3.07. The van der Waals surface area contributed by atoms with Crippen LogP contribution in [0.15, 0.2) is 30.3 Å². The van der Waals surface area contributed by atoms with Crippen molar-refractivity contribution in [3.63, 3.8) is 0 Å². The first-order valence-electron chi connectivity index (χ1n) is 8.77. The lowest BCUT2D eigenvalue weighted by Crippen LogP contribution is -2.29. The Morgan fingerprint density at radius 2 is 1.96 bits per heavy atom. The largest absolute Gasteiger partial charge is 0.489 e. The molecular formula is C19H19F3N4O2. The maximum atomic E-state index is 13.7. The summed E-state index contributed by atoms with van der Waals surface area (Å²) in [7, 11) is 0. The van der Waals surface area contributed by atoms with Crippen LogP contribution in [0.4, 0.5) is 23.8 Å². The Kier molecular flexibility index (Phi) is 6.03. The number of hydrogen-bond acceptors (Lipinski definition) is 3. The van der Waals surface area contributed by atoms with Gasteiger partial charge in [0.1, 0.15) is 18.2 Å². The Bertz CT molecular complexity index is 991. The number of ether oxygens (including phenoxy) is 1. The molecule has 0 radical (unpaired) electrons. The fourth-order valence-corrected chi connectivity index (χ4v) is 2.57. The molecule has 0 saturated carbocycles. The Hall–Kier alpha value is -3.23. The van der Waals surface area contributed by atoms with Crippen LogP contribution in [0.25, 0.3) is 10.9 Å². The number of nitrogens with zero attached hydrogens (tertiary/aromatic N) is 1. The van der Waals surface area contributed by atoms with Crippen molar-refractivity contribution >= 4 is 22.8 Å². The predicted octanol–water partition coefficient (Wildman–Crippen LogP) is 4.48. The van der Waals surface area contributed by atoms with Crippen molar-refractivity contribution in [2.45, 2.75) is 26.4 Å². The number of hydrogen-bond donors (Lipinski definition) is 3. The molecule has 1 heterocycles. The SMILES string of the molecule is CCCCNC(=O)Nc1n[nH]c2ccc(OCc3c(F)ccc(F)c3F)cc12. The molecule has 0 aliphatic heterocycles. The Balaban J connectivity index is 1.73. The topological polar surface area (TPSA) is 79.0 Å². The van der Waals surface area contributed by atoms with Gasteiger partial charge in [0.05, 0.1) is 11.1 Å². The van der Waals surface area contributed by atoms with Gasteiger partial charge < -0.3 is 10.1 Å². The monoisotopic (exact) mass is 392 g/mol. The van der Waals surface area contributed by atoms with E-state index in [4.69, 9.17) is 4.74 Å². The number of aromatic amines is 1. The molecule has 0 spiro atoms. The average molecular weight is 392 g/mol. The van der Waals surface area contributed by atoms with Gasteiger partial charge in [-0.15, -0.1) is 0 Å². The van der Waals surface area contributed by atoms with Crippen molar-refractivity contribution < 1.29 is 22.7 Å². The third-order valence-electron chi connectivity index (χ3n) is 4.10. The van der Waals surface area contributed by atoms with Crippen LogP contribution in [-0.2, 0) is 6.61 Å². The molecule has 3 aromatic rings. The Morgan fingerprint density at radius 1 is 1.18 bits per heavy atom. The van der Waals surface area contributed by atoms with Gasteiger partial charge in [-0.3, -0.25) is 10.4 Å². The summed E-state index contributed by atoms with van der Waals surface area (Å²) in [6.45, 7) is 2.08. The number of carbonyl (C=O) groups is 1. The molecule has 2 amide bonds. The molecule has 9 heteroatoms. The maximum Gasteiger partial charge on any atom is 0.320 e. The minimum atomic E-state index is -1.28. The number of rotatable bonds is 7. The molecule has 0 bridgehead atoms. The van der Waals surface area contributed by atoms with Gasteiger partial charge in [0, 0.05) is 11.9 Å². The lowest BCUT2D eigenvalue weighted by atomic mass is 10.2. The number of H-pyrrole nitrogens is 1. The number of benzene rings is 2. The van der Waals surface area contributed by atoms with Crippen LogP contribution >= 0.6 is 0 Å². The highest BCUT2D eigenvalue weighted by atomic mass is 19.2. The second-order valence-electron chi connectivity index (χ2n) is 6.12. The third kappa shape index (κ3) is 4.36. The van der Waals surface area contributed by atoms with Crippen LogP contribution in [0.1, 0.15) is 25.3 Å². The minimum Gasteiger partial charge on any atom is -0.489 e. The van der Waals surface area contributed by atoms with Gasteiger partial charge in [0.2, 0.25) is 0 Å². The van der Waals surface area contributed by atoms with Crippen LogP contribution in [0.2, 0.25) is 0 Å². The van der Waals surface area contributed by atoms with E-state index in [9.17, 15) is 18.0 Å². The molecule has 3 rings (SSSR count). The Morgan fingerprint density at radius 3 is 2.75 bits per heavy atom. The number of unbranched alkanes of at least 4 members (excludes halogenated alkanes) is 1. The Labute approximate surface area is 159 Å². The smallest absolute Gasteiger partial charge is 0.320 e. The highest BCUT2D eigenvalue weighted by Crippen LogP contribution is 2.26. The number of aromatic nitrogens is 2. The van der Waals surface area contributed by atoms with Crippen LogP contribution in [0.3, 0.4) is 0 Å². The number of amides is 2. The summed E-state index contributed by atoms with van der Waals surface area (Å²) < 4.78 is 46.1. The third-order valence-corrected chi connectivity index (χ3v) is 4.10. The first-order chi connectivity index (χ1) is 13.5. The summed E-state index contributed by atoms with van der Waals surface area (Å²) in [6, 6.07) is 5.95. The van der Waals surface area contributed by atoms with E-state index in [1.807, 2.05) is 6.92 Å². The van der Waals surface area contributed by atoms with E-state index in [2.05, 4.69) is 20.8 Å². The highest BCUT2D eigenvalue weighted by Gasteiger charge is 2.15. The van der Waals surface area contributed by atoms with E-state index >= 15 is 0 Å². The number of fused-ring (bicyclic) bond motifs is 1. The molecule has 148 valence electrons. The van der Waals surface area contributed by atoms with Gasteiger partial charge in [-0.25, -0.2) is 18.0 Å². The van der Waals surface area contributed by atoms with Gasteiger partial charge in [-0.05, 0) is 36.8 Å². The van der Waals surface area contributed by atoms with Crippen LogP contribution < -0.4 is 15.4 Å². The normalized spacial score (nSPS) is 10.9. The standard InChI is InChI=1S/C19H19F3N4O2/c1-2-3-8-23-19(27)24-18-12-9-11(4-7-16(12)25-26-18)28-10-13-14(20)5-6-15(21)17(13)22/h4-7,9H,2-3,8,10H2,1H3,(H3,23,24,25,26,27). The van der Waals surface area contributed by atoms with Crippen molar-refractivity contribution in [3.05, 3.63) is 53.3 Å². The van der Waals surface area contributed by atoms with Crippen LogP contribution in [-0.4, -0.2) is 22.8 Å². The number of carbonyl (C=O) groups excluding carboxylic acids is 1. The van der Waals surface area contributed by atoms with E-state index in [1.165, 1.54) is 0 Å². The van der Waals surface area contributed by atoms with E-state index < -0.39 is 35.7 Å². The van der Waals surface area contributed by atoms with Crippen molar-refractivity contribution in [1.82, 2.24) is 15.5 Å². The number of urea groups is 1. The molecule has 0 unspecified atom stereocenters. The zero-order valence-corrected chi connectivity index (χ0v) is 15.1. The first kappa shape index (κ1) is 19.5. The molecule has 0 atom stereocenters. The fraction of sp³-hybridized carbons (Fsp3) is 0.263. The van der Waals surface area contributed by atoms with Crippen molar-refractivity contribution in [1.29, 1.82) is 0 Å². The lowest BCUT2D eigenvalue weighted by Gasteiger charge is -2.09. The number of halogens is 3. The minimum absolute atomic E-state index is 0.284. The molecule has 3 N–H and O–H groups in total. The summed E-state index contributed by atoms with van der Waals surface area (Å²) >= 11 is 0. The highest BCUT2D eigenvalue weighted by molar-refractivity contribution is 5.99. The van der Waals surface area contributed by atoms with Crippen molar-refractivity contribution in [3.8, 4) is 5.75 Å². The van der Waals surface area contributed by atoms with E-state index in [0.717, 1.165) is 25.0 Å². The summed E-state index contributed by atoms with van der Waals surface area (Å²) in [5.74, 6) is -2.75. The number of anilines is 1. The van der Waals surface area contributed by atoms with Gasteiger partial charge in [0.25, 0.3) is 0 Å². The second-order valence-corrected chi connectivity index (χ2v) is 6.12. The molecule has 0 fully saturated rings. The van der Waals surface area contributed by atoms with E-state index in [0.29, 0.717) is 17.4 Å². The summed E-state index contributed by atoms with van der Waals surface area (Å²) in [6.07, 6.45) is 1.82. The molecule has 0 aliphatic rings. The predicted molar refractivity (Wildman–Crippen MR) is 98.7 cm³/mol. The molecular weight excluding hydrogens is 373 g/mol. The summed E-state index contributed by atoms with van der Waals surface area (Å²) in [5, 5.41) is 12.7. The number of nitrogens with one attached hydrogen (secondary N) is 3. The molecule has 0 saturated heterocycles. The summed E-state index contributed by atoms with van der Waals surface area (Å²) in [4.78, 5) is 11.9. The van der Waals surface area contributed by atoms with Gasteiger partial charge in [-0.1, -0.05) is 13.3 Å². The van der Waals surface area contributed by atoms with Gasteiger partial charge in [0.15, 0.2) is 17.5 Å². The molecule has 28 heavy (non-hydrogen) atoms. The second kappa shape index (κ2) is 8.64. The fourth-order valence-electron chi connectivity index (χ4n) is 2.57. The van der Waals surface area contributed by atoms with E-state index in [1.54, 1.807) is 18.2 Å². The molecule has 6 nitrogen and oxygen atoms in total. The first-order valence-corrected chi connectivity index (χ1v) is 8.77. The van der Waals surface area contributed by atoms with Crippen LogP contribution in [0, 0.1) is 17.5 Å². The molecule has 2 aromatic carbocycles. The van der Waals surface area contributed by atoms with Gasteiger partial charge >= 0.3 is 6.03 Å². The maximum absolute atomic E-state index is 13.7.